The van der Waals surface area contributed by atoms with Crippen LogP contribution in [0.15, 0.2) is 46.0 Å². The minimum Gasteiger partial charge on any atom is -0.493 e. The molecular formula is C31H39BrN6O4. The molecule has 42 heavy (non-hydrogen) atoms. The van der Waals surface area contributed by atoms with E-state index in [1.54, 1.807) is 32.4 Å². The van der Waals surface area contributed by atoms with E-state index >= 15 is 0 Å². The van der Waals surface area contributed by atoms with E-state index < -0.39 is 0 Å². The Bertz CT molecular complexity index is 1410. The Labute approximate surface area is 256 Å². The summed E-state index contributed by atoms with van der Waals surface area (Å²) in [7, 11) is 4.71. The van der Waals surface area contributed by atoms with Crippen molar-refractivity contribution in [3.8, 4) is 17.2 Å². The number of hydrogen-bond donors (Lipinski definition) is 1. The van der Waals surface area contributed by atoms with E-state index in [-0.39, 0.29) is 17.7 Å². The number of nitrogens with two attached hydrogens (primary N) is 1. The summed E-state index contributed by atoms with van der Waals surface area (Å²) in [5.41, 5.74) is 9.82. The third-order valence-corrected chi connectivity index (χ3v) is 7.66. The molecule has 2 N–H and O–H groups in total. The molecule has 1 amide bonds. The van der Waals surface area contributed by atoms with E-state index in [0.717, 1.165) is 60.1 Å². The molecule has 0 fully saturated rings. The van der Waals surface area contributed by atoms with Gasteiger partial charge in [0.25, 0.3) is 11.9 Å². The minimum atomic E-state index is -0.176. The first-order valence-corrected chi connectivity index (χ1v) is 15.0. The maximum absolute atomic E-state index is 13.8. The van der Waals surface area contributed by atoms with Gasteiger partial charge in [-0.3, -0.25) is 14.6 Å². The van der Waals surface area contributed by atoms with Crippen molar-refractivity contribution in [2.75, 3.05) is 51.7 Å². The summed E-state index contributed by atoms with van der Waals surface area (Å²) in [6.45, 7) is 6.73. The quantitative estimate of drug-likeness (QED) is 0.237. The number of aromatic nitrogens is 2. The maximum Gasteiger partial charge on any atom is 0.278 e. The fraction of sp³-hybridized carbons (Fsp3) is 0.419. The summed E-state index contributed by atoms with van der Waals surface area (Å²) in [6, 6.07) is 9.53. The Balaban J connectivity index is 1.62. The van der Waals surface area contributed by atoms with Gasteiger partial charge in [-0.1, -0.05) is 42.6 Å². The molecule has 0 bridgehead atoms. The molecular weight excluding hydrogens is 600 g/mol. The third-order valence-electron chi connectivity index (χ3n) is 7.17. The number of hydrogen-bond acceptors (Lipinski definition) is 9. The summed E-state index contributed by atoms with van der Waals surface area (Å²) in [5.74, 6) is 1.84. The Kier molecular flexibility index (Phi) is 10.8. The minimum absolute atomic E-state index is 0.131. The molecule has 0 saturated heterocycles. The van der Waals surface area contributed by atoms with Gasteiger partial charge in [-0.15, -0.1) is 0 Å². The molecule has 10 nitrogen and oxygen atoms in total. The van der Waals surface area contributed by atoms with Crippen molar-refractivity contribution in [2.24, 2.45) is 4.99 Å². The van der Waals surface area contributed by atoms with Gasteiger partial charge in [0.05, 0.1) is 33.7 Å². The van der Waals surface area contributed by atoms with Gasteiger partial charge in [-0.2, -0.15) is 4.98 Å². The van der Waals surface area contributed by atoms with Crippen LogP contribution >= 0.6 is 15.9 Å². The number of fused-ring (bicyclic) bond motifs is 1. The first-order valence-electron chi connectivity index (χ1n) is 14.2. The van der Waals surface area contributed by atoms with Crippen LogP contribution in [-0.4, -0.2) is 67.6 Å². The number of carbonyl (C=O) groups is 1. The number of nitrogens with zero attached hydrogens (tertiary/aromatic N) is 5. The zero-order valence-electron chi connectivity index (χ0n) is 24.9. The van der Waals surface area contributed by atoms with Crippen LogP contribution in [0.5, 0.6) is 17.2 Å². The average molecular weight is 640 g/mol. The Morgan fingerprint density at radius 2 is 1.67 bits per heavy atom. The molecule has 0 spiro atoms. The van der Waals surface area contributed by atoms with Gasteiger partial charge in [0.15, 0.2) is 11.5 Å². The van der Waals surface area contributed by atoms with Gasteiger partial charge < -0.3 is 19.9 Å². The first-order chi connectivity index (χ1) is 20.3. The number of carbonyl (C=O) groups excluding carboxylic acids is 1. The summed E-state index contributed by atoms with van der Waals surface area (Å²) in [4.78, 5) is 31.4. The number of rotatable bonds is 14. The molecule has 1 aromatic heterocycles. The second-order valence-corrected chi connectivity index (χ2v) is 11.0. The van der Waals surface area contributed by atoms with E-state index in [9.17, 15) is 4.79 Å². The lowest BCUT2D eigenvalue weighted by Crippen LogP contribution is -2.42. The highest BCUT2D eigenvalue weighted by Gasteiger charge is 2.35. The number of halogens is 1. The van der Waals surface area contributed by atoms with Gasteiger partial charge in [0, 0.05) is 28.2 Å². The van der Waals surface area contributed by atoms with Crippen molar-refractivity contribution in [1.82, 2.24) is 14.9 Å². The molecule has 2 heterocycles. The van der Waals surface area contributed by atoms with Crippen molar-refractivity contribution in [2.45, 2.75) is 46.0 Å². The van der Waals surface area contributed by atoms with Crippen LogP contribution in [0.4, 0.5) is 17.5 Å². The molecule has 1 aliphatic rings. The van der Waals surface area contributed by atoms with E-state index in [2.05, 4.69) is 49.6 Å². The Morgan fingerprint density at radius 3 is 2.24 bits per heavy atom. The monoisotopic (exact) mass is 638 g/mol. The second-order valence-electron chi connectivity index (χ2n) is 10.1. The van der Waals surface area contributed by atoms with Crippen molar-refractivity contribution in [1.29, 1.82) is 0 Å². The number of ether oxygens (including phenoxy) is 3. The number of anilines is 2. The largest absolute Gasteiger partial charge is 0.493 e. The maximum atomic E-state index is 13.8. The van der Waals surface area contributed by atoms with E-state index in [1.165, 1.54) is 0 Å². The number of aliphatic imine (C=N–C) groups is 1. The number of methoxy groups -OCH3 is 3. The van der Waals surface area contributed by atoms with Gasteiger partial charge >= 0.3 is 0 Å². The highest BCUT2D eigenvalue weighted by molar-refractivity contribution is 9.10. The Morgan fingerprint density at radius 1 is 1.00 bits per heavy atom. The number of nitrogen functional groups attached to an aromatic ring is 1. The van der Waals surface area contributed by atoms with Crippen LogP contribution in [-0.2, 0) is 11.2 Å². The summed E-state index contributed by atoms with van der Waals surface area (Å²) < 4.78 is 17.2. The average Bonchev–Trinajstić information content (AvgIpc) is 3.24. The van der Waals surface area contributed by atoms with Crippen LogP contribution in [0, 0.1) is 0 Å². The van der Waals surface area contributed by atoms with Gasteiger partial charge in [0.1, 0.15) is 11.5 Å². The van der Waals surface area contributed by atoms with Gasteiger partial charge in [-0.25, -0.2) is 9.98 Å². The van der Waals surface area contributed by atoms with Crippen LogP contribution in [0.25, 0.3) is 0 Å². The summed E-state index contributed by atoms with van der Waals surface area (Å²) in [5, 5.41) is 0. The second kappa shape index (κ2) is 14.5. The van der Waals surface area contributed by atoms with Crippen molar-refractivity contribution in [3.05, 3.63) is 57.7 Å². The highest BCUT2D eigenvalue weighted by Crippen LogP contribution is 2.39. The zero-order chi connectivity index (χ0) is 30.2. The smallest absolute Gasteiger partial charge is 0.278 e. The number of amides is 1. The third kappa shape index (κ3) is 7.01. The van der Waals surface area contributed by atoms with Crippen molar-refractivity contribution < 1.29 is 19.0 Å². The molecule has 2 aromatic carbocycles. The molecule has 0 radical (unpaired) electrons. The predicted octanol–water partition coefficient (Wildman–Crippen LogP) is 5.77. The van der Waals surface area contributed by atoms with Crippen LogP contribution in [0.2, 0.25) is 0 Å². The number of benzene rings is 2. The topological polar surface area (TPSA) is 115 Å². The fourth-order valence-corrected chi connectivity index (χ4v) is 5.27. The van der Waals surface area contributed by atoms with Gasteiger partial charge in [0.2, 0.25) is 5.75 Å². The molecule has 0 saturated carbocycles. The predicted molar refractivity (Wildman–Crippen MR) is 169 cm³/mol. The lowest BCUT2D eigenvalue weighted by Gasteiger charge is -2.28. The van der Waals surface area contributed by atoms with Crippen LogP contribution in [0.1, 0.15) is 56.2 Å². The molecule has 3 aromatic rings. The summed E-state index contributed by atoms with van der Waals surface area (Å²) in [6.07, 6.45) is 6.43. The molecule has 224 valence electrons. The molecule has 0 aliphatic carbocycles. The van der Waals surface area contributed by atoms with Crippen molar-refractivity contribution in [3.63, 3.8) is 0 Å². The van der Waals surface area contributed by atoms with Crippen LogP contribution in [0.3, 0.4) is 0 Å². The lowest BCUT2D eigenvalue weighted by molar-refractivity contribution is -0.112. The standard InChI is InChI=1S/C31H39BrN6O4/c1-6-8-12-37(13-9-7-2)19-38-24-11-10-22(32)17-23(24)27(30(38)39)35-31-34-18-21(29(33)36-31)14-20-15-25(40-3)28(42-5)26(16-20)41-4/h10-11,15-18H,6-9,12-14,19H2,1-5H3,(H2,33,34,36)/b35-27-. The lowest BCUT2D eigenvalue weighted by atomic mass is 10.1. The highest BCUT2D eigenvalue weighted by atomic mass is 79.9. The van der Waals surface area contributed by atoms with Crippen LogP contribution < -0.4 is 24.8 Å². The van der Waals surface area contributed by atoms with Crippen molar-refractivity contribution >= 4 is 45.0 Å². The molecule has 0 atom stereocenters. The zero-order valence-corrected chi connectivity index (χ0v) is 26.5. The Hall–Kier alpha value is -3.70. The SMILES string of the molecule is CCCCN(CCCC)CN1C(=O)/C(=N\c2ncc(Cc3cc(OC)c(OC)c(OC)c3)c(N)n2)c2cc(Br)ccc21. The normalized spacial score (nSPS) is 13.6. The molecule has 1 aliphatic heterocycles. The van der Waals surface area contributed by atoms with Gasteiger partial charge in [-0.05, 0) is 61.8 Å². The summed E-state index contributed by atoms with van der Waals surface area (Å²) >= 11 is 3.55. The van der Waals surface area contributed by atoms with E-state index in [1.807, 2.05) is 30.3 Å². The first kappa shape index (κ1) is 31.2. The molecule has 4 rings (SSSR count). The van der Waals surface area contributed by atoms with E-state index in [4.69, 9.17) is 19.9 Å². The number of unbranched alkanes of at least 4 members (excludes halogenated alkanes) is 2. The fourth-order valence-electron chi connectivity index (χ4n) is 4.91. The molecule has 11 heteroatoms. The molecule has 0 unspecified atom stereocenters. The van der Waals surface area contributed by atoms with E-state index in [0.29, 0.717) is 41.6 Å².